The maximum Gasteiger partial charge on any atom is 0.232 e. The van der Waals surface area contributed by atoms with Crippen molar-refractivity contribution in [1.29, 1.82) is 0 Å². The van der Waals surface area contributed by atoms with E-state index in [4.69, 9.17) is 21.1 Å². The standard InChI is InChI=1S/C23H16ClFO3/c1-14-10-18(27-13-15-6-8-17(24)9-7-15)12-20-22(14)23(26)21(28-20)11-16-4-2-3-5-19(16)25/h2-12H,13H2,1H3/b21-11-. The first kappa shape index (κ1) is 18.3. The van der Waals surface area contributed by atoms with Gasteiger partial charge in [-0.25, -0.2) is 4.39 Å². The van der Waals surface area contributed by atoms with E-state index in [2.05, 4.69) is 0 Å². The Hall–Kier alpha value is -3.11. The van der Waals surface area contributed by atoms with Crippen molar-refractivity contribution in [2.45, 2.75) is 13.5 Å². The molecule has 3 aromatic rings. The quantitative estimate of drug-likeness (QED) is 0.510. The number of carbonyl (C=O) groups excluding carboxylic acids is 1. The molecule has 0 saturated heterocycles. The number of carbonyl (C=O) groups is 1. The number of Topliss-reactive ketones (excluding diaryl/α,β-unsaturated/α-hetero) is 1. The number of fused-ring (bicyclic) bond motifs is 1. The van der Waals surface area contributed by atoms with Crippen molar-refractivity contribution in [2.24, 2.45) is 0 Å². The molecule has 0 bridgehead atoms. The molecule has 5 heteroatoms. The molecule has 1 aliphatic rings. The minimum Gasteiger partial charge on any atom is -0.489 e. The molecule has 0 fully saturated rings. The van der Waals surface area contributed by atoms with Crippen LogP contribution < -0.4 is 9.47 Å². The highest BCUT2D eigenvalue weighted by Crippen LogP contribution is 2.37. The van der Waals surface area contributed by atoms with Gasteiger partial charge in [0.1, 0.15) is 23.9 Å². The number of ketones is 1. The van der Waals surface area contributed by atoms with E-state index in [9.17, 15) is 9.18 Å². The molecule has 0 aliphatic carbocycles. The Balaban J connectivity index is 1.57. The molecule has 0 spiro atoms. The topological polar surface area (TPSA) is 35.5 Å². The summed E-state index contributed by atoms with van der Waals surface area (Å²) in [6, 6.07) is 17.1. The molecule has 1 aliphatic heterocycles. The van der Waals surface area contributed by atoms with E-state index >= 15 is 0 Å². The van der Waals surface area contributed by atoms with Gasteiger partial charge in [-0.05, 0) is 48.4 Å². The Morgan fingerprint density at radius 1 is 1.11 bits per heavy atom. The Morgan fingerprint density at radius 2 is 1.86 bits per heavy atom. The van der Waals surface area contributed by atoms with E-state index in [0.717, 1.165) is 11.1 Å². The number of rotatable bonds is 4. The lowest BCUT2D eigenvalue weighted by molar-refractivity contribution is 0.101. The fraction of sp³-hybridized carbons (Fsp3) is 0.0870. The Bertz CT molecular complexity index is 1090. The summed E-state index contributed by atoms with van der Waals surface area (Å²) in [5, 5.41) is 0.665. The summed E-state index contributed by atoms with van der Waals surface area (Å²) in [5.74, 6) is 0.425. The summed E-state index contributed by atoms with van der Waals surface area (Å²) in [6.07, 6.45) is 1.42. The van der Waals surface area contributed by atoms with E-state index < -0.39 is 5.82 Å². The first-order valence-corrected chi connectivity index (χ1v) is 9.10. The zero-order valence-electron chi connectivity index (χ0n) is 15.0. The summed E-state index contributed by atoms with van der Waals surface area (Å²) in [7, 11) is 0. The minimum atomic E-state index is -0.411. The smallest absolute Gasteiger partial charge is 0.232 e. The van der Waals surface area contributed by atoms with Crippen molar-refractivity contribution < 1.29 is 18.7 Å². The third-order valence-corrected chi connectivity index (χ3v) is 4.71. The molecule has 3 aromatic carbocycles. The zero-order valence-corrected chi connectivity index (χ0v) is 15.8. The van der Waals surface area contributed by atoms with E-state index in [-0.39, 0.29) is 11.5 Å². The molecule has 1 heterocycles. The summed E-state index contributed by atoms with van der Waals surface area (Å²) in [4.78, 5) is 12.7. The number of benzene rings is 3. The predicted molar refractivity (Wildman–Crippen MR) is 106 cm³/mol. The molecule has 0 saturated carbocycles. The molecule has 0 atom stereocenters. The number of hydrogen-bond donors (Lipinski definition) is 0. The first-order valence-electron chi connectivity index (χ1n) is 8.72. The normalized spacial score (nSPS) is 14.1. The average Bonchev–Trinajstić information content (AvgIpc) is 2.99. The minimum absolute atomic E-state index is 0.0954. The van der Waals surface area contributed by atoms with Gasteiger partial charge in [0.15, 0.2) is 5.76 Å². The van der Waals surface area contributed by atoms with Crippen molar-refractivity contribution in [3.63, 3.8) is 0 Å². The molecule has 3 nitrogen and oxygen atoms in total. The van der Waals surface area contributed by atoms with E-state index in [1.54, 1.807) is 42.5 Å². The fourth-order valence-corrected chi connectivity index (χ4v) is 3.17. The molecule has 4 rings (SSSR count). The fourth-order valence-electron chi connectivity index (χ4n) is 3.04. The SMILES string of the molecule is Cc1cc(OCc2ccc(Cl)cc2)cc2c1C(=O)/C(=C/c1ccccc1F)O2. The molecule has 0 radical (unpaired) electrons. The Kier molecular flexibility index (Phi) is 4.88. The highest BCUT2D eigenvalue weighted by molar-refractivity contribution is 6.30. The third-order valence-electron chi connectivity index (χ3n) is 4.45. The molecule has 0 N–H and O–H groups in total. The molecule has 0 amide bonds. The van der Waals surface area contributed by atoms with Crippen LogP contribution in [0.25, 0.3) is 6.08 Å². The molecule has 0 unspecified atom stereocenters. The van der Waals surface area contributed by atoms with Gasteiger partial charge in [-0.1, -0.05) is 41.9 Å². The van der Waals surface area contributed by atoms with E-state index in [0.29, 0.717) is 34.3 Å². The van der Waals surface area contributed by atoms with Gasteiger partial charge < -0.3 is 9.47 Å². The van der Waals surface area contributed by atoms with Crippen LogP contribution in [0.3, 0.4) is 0 Å². The van der Waals surface area contributed by atoms with Gasteiger partial charge in [0, 0.05) is 16.7 Å². The lowest BCUT2D eigenvalue weighted by Gasteiger charge is -2.09. The molecule has 140 valence electrons. The van der Waals surface area contributed by atoms with Gasteiger partial charge in [-0.15, -0.1) is 0 Å². The highest BCUT2D eigenvalue weighted by atomic mass is 35.5. The number of halogens is 2. The summed E-state index contributed by atoms with van der Waals surface area (Å²) < 4.78 is 25.4. The largest absolute Gasteiger partial charge is 0.489 e. The van der Waals surface area contributed by atoms with Crippen LogP contribution in [0.15, 0.2) is 66.4 Å². The summed E-state index contributed by atoms with van der Waals surface area (Å²) in [6.45, 7) is 2.18. The zero-order chi connectivity index (χ0) is 19.7. The summed E-state index contributed by atoms with van der Waals surface area (Å²) in [5.41, 5.74) is 2.49. The van der Waals surface area contributed by atoms with Crippen LogP contribution in [-0.4, -0.2) is 5.78 Å². The van der Waals surface area contributed by atoms with Gasteiger partial charge in [-0.3, -0.25) is 4.79 Å². The second-order valence-corrected chi connectivity index (χ2v) is 6.93. The van der Waals surface area contributed by atoms with Gasteiger partial charge >= 0.3 is 0 Å². The molecular weight excluding hydrogens is 379 g/mol. The maximum atomic E-state index is 13.9. The second-order valence-electron chi connectivity index (χ2n) is 6.49. The van der Waals surface area contributed by atoms with Crippen molar-refractivity contribution in [2.75, 3.05) is 0 Å². The monoisotopic (exact) mass is 394 g/mol. The number of hydrogen-bond acceptors (Lipinski definition) is 3. The van der Waals surface area contributed by atoms with E-state index in [1.807, 2.05) is 19.1 Å². The Morgan fingerprint density at radius 3 is 2.61 bits per heavy atom. The maximum absolute atomic E-state index is 13.9. The summed E-state index contributed by atoms with van der Waals surface area (Å²) >= 11 is 5.89. The van der Waals surface area contributed by atoms with Crippen LogP contribution >= 0.6 is 11.6 Å². The van der Waals surface area contributed by atoms with Crippen LogP contribution in [-0.2, 0) is 6.61 Å². The number of allylic oxidation sites excluding steroid dienone is 1. The second kappa shape index (κ2) is 7.49. The Labute approximate surface area is 167 Å². The first-order chi connectivity index (χ1) is 13.5. The van der Waals surface area contributed by atoms with Crippen LogP contribution in [0, 0.1) is 12.7 Å². The van der Waals surface area contributed by atoms with Crippen LogP contribution in [0.2, 0.25) is 5.02 Å². The number of aryl methyl sites for hydroxylation is 1. The lowest BCUT2D eigenvalue weighted by atomic mass is 10.0. The van der Waals surface area contributed by atoms with Gasteiger partial charge in [0.25, 0.3) is 0 Å². The third kappa shape index (κ3) is 3.64. The van der Waals surface area contributed by atoms with Crippen molar-refractivity contribution in [3.8, 4) is 11.5 Å². The van der Waals surface area contributed by atoms with Gasteiger partial charge in [0.05, 0.1) is 5.56 Å². The van der Waals surface area contributed by atoms with Crippen molar-refractivity contribution in [3.05, 3.63) is 99.5 Å². The van der Waals surface area contributed by atoms with Gasteiger partial charge in [0.2, 0.25) is 5.78 Å². The van der Waals surface area contributed by atoms with Crippen molar-refractivity contribution in [1.82, 2.24) is 0 Å². The van der Waals surface area contributed by atoms with Crippen molar-refractivity contribution >= 4 is 23.5 Å². The number of ether oxygens (including phenoxy) is 2. The highest BCUT2D eigenvalue weighted by Gasteiger charge is 2.30. The van der Waals surface area contributed by atoms with Crippen LogP contribution in [0.5, 0.6) is 11.5 Å². The van der Waals surface area contributed by atoms with Crippen LogP contribution in [0.4, 0.5) is 4.39 Å². The van der Waals surface area contributed by atoms with E-state index in [1.165, 1.54) is 12.1 Å². The van der Waals surface area contributed by atoms with Crippen LogP contribution in [0.1, 0.15) is 27.0 Å². The van der Waals surface area contributed by atoms with Gasteiger partial charge in [-0.2, -0.15) is 0 Å². The lowest BCUT2D eigenvalue weighted by Crippen LogP contribution is -2.00. The molecular formula is C23H16ClFO3. The predicted octanol–water partition coefficient (Wildman–Crippen LogP) is 5.98. The average molecular weight is 395 g/mol. The molecule has 0 aromatic heterocycles. The molecule has 28 heavy (non-hydrogen) atoms.